The molecule has 0 radical (unpaired) electrons. The fraction of sp³-hybridized carbons (Fsp3) is 0.818. The molecule has 2 rings (SSSR count). The summed E-state index contributed by atoms with van der Waals surface area (Å²) in [6.45, 7) is 3.64. The Morgan fingerprint density at radius 3 is 2.50 bits per heavy atom. The summed E-state index contributed by atoms with van der Waals surface area (Å²) in [4.78, 5) is 26.3. The monoisotopic (exact) mass is 225 g/mol. The summed E-state index contributed by atoms with van der Waals surface area (Å²) >= 11 is 0. The van der Waals surface area contributed by atoms with Crippen molar-refractivity contribution in [3.8, 4) is 0 Å². The van der Waals surface area contributed by atoms with Gasteiger partial charge in [-0.3, -0.25) is 9.59 Å². The van der Waals surface area contributed by atoms with E-state index in [9.17, 15) is 9.59 Å². The van der Waals surface area contributed by atoms with Gasteiger partial charge in [0.05, 0.1) is 6.04 Å². The Labute approximate surface area is 95.8 Å². The highest BCUT2D eigenvalue weighted by Crippen LogP contribution is 2.11. The van der Waals surface area contributed by atoms with Crippen LogP contribution in [0.15, 0.2) is 0 Å². The molecule has 1 unspecified atom stereocenters. The third kappa shape index (κ3) is 2.52. The van der Waals surface area contributed by atoms with E-state index in [4.69, 9.17) is 0 Å². The van der Waals surface area contributed by atoms with Gasteiger partial charge in [-0.05, 0) is 19.4 Å². The molecule has 2 fully saturated rings. The van der Waals surface area contributed by atoms with E-state index in [1.165, 1.54) is 6.42 Å². The number of carbonyl (C=O) groups excluding carboxylic acids is 2. The molecule has 0 aromatic rings. The maximum absolute atomic E-state index is 12.1. The molecule has 2 aliphatic rings. The Kier molecular flexibility index (Phi) is 3.77. The number of carbonyl (C=O) groups is 2. The molecule has 2 aliphatic heterocycles. The smallest absolute Gasteiger partial charge is 0.239 e. The van der Waals surface area contributed by atoms with Gasteiger partial charge in [0.2, 0.25) is 12.3 Å². The van der Waals surface area contributed by atoms with Crippen LogP contribution in [0.1, 0.15) is 19.3 Å². The van der Waals surface area contributed by atoms with E-state index in [2.05, 4.69) is 5.32 Å². The first-order valence-electron chi connectivity index (χ1n) is 6.03. The summed E-state index contributed by atoms with van der Waals surface area (Å²) in [6, 6.07) is 0.0107. The van der Waals surface area contributed by atoms with Crippen molar-refractivity contribution in [1.29, 1.82) is 0 Å². The normalized spacial score (nSPS) is 26.6. The molecule has 0 aliphatic carbocycles. The van der Waals surface area contributed by atoms with Crippen molar-refractivity contribution >= 4 is 12.3 Å². The Morgan fingerprint density at radius 1 is 1.19 bits per heavy atom. The highest BCUT2D eigenvalue weighted by Gasteiger charge is 2.27. The first kappa shape index (κ1) is 11.4. The van der Waals surface area contributed by atoms with Crippen molar-refractivity contribution in [2.24, 2.45) is 0 Å². The lowest BCUT2D eigenvalue weighted by atomic mass is 10.0. The van der Waals surface area contributed by atoms with E-state index < -0.39 is 0 Å². The van der Waals surface area contributed by atoms with Gasteiger partial charge in [-0.2, -0.15) is 0 Å². The van der Waals surface area contributed by atoms with Crippen molar-refractivity contribution in [1.82, 2.24) is 15.1 Å². The van der Waals surface area contributed by atoms with Crippen molar-refractivity contribution in [3.05, 3.63) is 0 Å². The quantitative estimate of drug-likeness (QED) is 0.640. The van der Waals surface area contributed by atoms with Gasteiger partial charge in [-0.15, -0.1) is 0 Å². The number of hydrogen-bond donors (Lipinski definition) is 1. The van der Waals surface area contributed by atoms with Crippen LogP contribution in [-0.4, -0.2) is 60.9 Å². The summed E-state index contributed by atoms with van der Waals surface area (Å²) in [5.41, 5.74) is 0. The molecule has 0 spiro atoms. The SMILES string of the molecule is O=CN1CCN(C(=O)C2CCCCN2)CC1. The van der Waals surface area contributed by atoms with E-state index in [0.29, 0.717) is 26.2 Å². The number of hydrogen-bond acceptors (Lipinski definition) is 3. The minimum absolute atomic E-state index is 0.0107. The van der Waals surface area contributed by atoms with Crippen LogP contribution in [-0.2, 0) is 9.59 Å². The molecule has 2 saturated heterocycles. The summed E-state index contributed by atoms with van der Waals surface area (Å²) in [5.74, 6) is 0.213. The van der Waals surface area contributed by atoms with Crippen molar-refractivity contribution in [3.63, 3.8) is 0 Å². The van der Waals surface area contributed by atoms with Gasteiger partial charge in [0.25, 0.3) is 0 Å². The second-order valence-corrected chi connectivity index (χ2v) is 4.47. The summed E-state index contributed by atoms with van der Waals surface area (Å²) < 4.78 is 0. The number of piperazine rings is 1. The highest BCUT2D eigenvalue weighted by molar-refractivity contribution is 5.82. The van der Waals surface area contributed by atoms with Gasteiger partial charge < -0.3 is 15.1 Å². The second kappa shape index (κ2) is 5.30. The molecule has 0 bridgehead atoms. The molecule has 2 heterocycles. The molecule has 5 heteroatoms. The predicted octanol–water partition coefficient (Wildman–Crippen LogP) is -0.571. The molecular weight excluding hydrogens is 206 g/mol. The molecule has 5 nitrogen and oxygen atoms in total. The topological polar surface area (TPSA) is 52.7 Å². The fourth-order valence-corrected chi connectivity index (χ4v) is 2.33. The lowest BCUT2D eigenvalue weighted by Gasteiger charge is -2.35. The van der Waals surface area contributed by atoms with E-state index in [-0.39, 0.29) is 11.9 Å². The number of nitrogens with one attached hydrogen (secondary N) is 1. The van der Waals surface area contributed by atoms with Crippen molar-refractivity contribution in [2.45, 2.75) is 25.3 Å². The molecule has 90 valence electrons. The second-order valence-electron chi connectivity index (χ2n) is 4.47. The first-order chi connectivity index (χ1) is 7.81. The van der Waals surface area contributed by atoms with Gasteiger partial charge >= 0.3 is 0 Å². The molecule has 0 aromatic carbocycles. The predicted molar refractivity (Wildman–Crippen MR) is 59.9 cm³/mol. The number of piperidine rings is 1. The van der Waals surface area contributed by atoms with Crippen LogP contribution in [0.5, 0.6) is 0 Å². The Bertz CT molecular complexity index is 256. The fourth-order valence-electron chi connectivity index (χ4n) is 2.33. The van der Waals surface area contributed by atoms with Gasteiger partial charge in [0.1, 0.15) is 0 Å². The lowest BCUT2D eigenvalue weighted by Crippen LogP contribution is -2.54. The molecule has 0 aromatic heterocycles. The molecule has 16 heavy (non-hydrogen) atoms. The van der Waals surface area contributed by atoms with Crippen molar-refractivity contribution in [2.75, 3.05) is 32.7 Å². The average molecular weight is 225 g/mol. The molecule has 0 saturated carbocycles. The minimum atomic E-state index is 0.0107. The number of nitrogens with zero attached hydrogens (tertiary/aromatic N) is 2. The van der Waals surface area contributed by atoms with E-state index in [1.54, 1.807) is 4.90 Å². The van der Waals surface area contributed by atoms with Crippen LogP contribution >= 0.6 is 0 Å². The van der Waals surface area contributed by atoms with Gasteiger partial charge in [-0.25, -0.2) is 0 Å². The highest BCUT2D eigenvalue weighted by atomic mass is 16.2. The number of amides is 2. The third-order valence-electron chi connectivity index (χ3n) is 3.38. The van der Waals surface area contributed by atoms with Crippen LogP contribution in [0.25, 0.3) is 0 Å². The lowest BCUT2D eigenvalue weighted by molar-refractivity contribution is -0.137. The summed E-state index contributed by atoms with van der Waals surface area (Å²) in [7, 11) is 0. The molecular formula is C11H19N3O2. The minimum Gasteiger partial charge on any atom is -0.342 e. The largest absolute Gasteiger partial charge is 0.342 e. The maximum atomic E-state index is 12.1. The molecule has 1 N–H and O–H groups in total. The standard InChI is InChI=1S/C11H19N3O2/c15-9-13-5-7-14(8-6-13)11(16)10-3-1-2-4-12-10/h9-10,12H,1-8H2. The van der Waals surface area contributed by atoms with Gasteiger partial charge in [0, 0.05) is 26.2 Å². The zero-order valence-corrected chi connectivity index (χ0v) is 9.52. The van der Waals surface area contributed by atoms with Crippen LogP contribution in [0, 0.1) is 0 Å². The summed E-state index contributed by atoms with van der Waals surface area (Å²) in [5, 5.41) is 3.27. The Morgan fingerprint density at radius 2 is 1.94 bits per heavy atom. The van der Waals surface area contributed by atoms with Crippen LogP contribution in [0.4, 0.5) is 0 Å². The summed E-state index contributed by atoms with van der Waals surface area (Å²) in [6.07, 6.45) is 4.12. The van der Waals surface area contributed by atoms with Crippen LogP contribution < -0.4 is 5.32 Å². The van der Waals surface area contributed by atoms with Crippen LogP contribution in [0.2, 0.25) is 0 Å². The average Bonchev–Trinajstić information content (AvgIpc) is 2.39. The number of rotatable bonds is 2. The third-order valence-corrected chi connectivity index (χ3v) is 3.38. The van der Waals surface area contributed by atoms with Gasteiger partial charge in [-0.1, -0.05) is 6.42 Å². The van der Waals surface area contributed by atoms with Crippen molar-refractivity contribution < 1.29 is 9.59 Å². The molecule has 2 amide bonds. The zero-order valence-electron chi connectivity index (χ0n) is 9.52. The maximum Gasteiger partial charge on any atom is 0.239 e. The van der Waals surface area contributed by atoms with Crippen LogP contribution in [0.3, 0.4) is 0 Å². The van der Waals surface area contributed by atoms with E-state index in [1.807, 2.05) is 4.90 Å². The van der Waals surface area contributed by atoms with E-state index >= 15 is 0 Å². The molecule has 1 atom stereocenters. The Balaban J connectivity index is 1.83. The van der Waals surface area contributed by atoms with Gasteiger partial charge in [0.15, 0.2) is 0 Å². The zero-order chi connectivity index (χ0) is 11.4. The first-order valence-corrected chi connectivity index (χ1v) is 6.03. The Hall–Kier alpha value is -1.10. The van der Waals surface area contributed by atoms with E-state index in [0.717, 1.165) is 25.8 Å².